The first-order chi connectivity index (χ1) is 12.9. The van der Waals surface area contributed by atoms with Crippen LogP contribution in [0.3, 0.4) is 0 Å². The fraction of sp³-hybridized carbons (Fsp3) is 0.438. The van der Waals surface area contributed by atoms with E-state index < -0.39 is 54.9 Å². The highest BCUT2D eigenvalue weighted by molar-refractivity contribution is 7.89. The lowest BCUT2D eigenvalue weighted by Gasteiger charge is -2.53. The van der Waals surface area contributed by atoms with Crippen LogP contribution in [0.25, 0.3) is 0 Å². The number of likely N-dealkylation sites (tertiary alicyclic amines) is 1. The van der Waals surface area contributed by atoms with E-state index in [0.29, 0.717) is 6.29 Å². The third-order valence-electron chi connectivity index (χ3n) is 4.94. The number of nitrogens with one attached hydrogen (secondary N) is 1. The van der Waals surface area contributed by atoms with Crippen LogP contribution in [0.2, 0.25) is 0 Å². The predicted octanol–water partition coefficient (Wildman–Crippen LogP) is 0.296. The van der Waals surface area contributed by atoms with Crippen molar-refractivity contribution in [2.75, 3.05) is 6.54 Å². The molecule has 152 valence electrons. The minimum Gasteiger partial charge on any atom is -0.480 e. The molecule has 2 atom stereocenters. The van der Waals surface area contributed by atoms with Gasteiger partial charge < -0.3 is 14.8 Å². The molecular weight excluding hydrogens is 394 g/mol. The smallest absolute Gasteiger partial charge is 0.329 e. The topological polar surface area (TPSA) is 164 Å². The molecule has 1 amide bonds. The van der Waals surface area contributed by atoms with E-state index in [1.807, 2.05) is 0 Å². The number of hydrogen-bond acceptors (Lipinski definition) is 7. The summed E-state index contributed by atoms with van der Waals surface area (Å²) < 4.78 is 27.5. The highest BCUT2D eigenvalue weighted by Gasteiger charge is 2.60. The van der Waals surface area contributed by atoms with Gasteiger partial charge in [0.2, 0.25) is 15.9 Å². The highest BCUT2D eigenvalue weighted by Crippen LogP contribution is 2.36. The highest BCUT2D eigenvalue weighted by atomic mass is 32.2. The van der Waals surface area contributed by atoms with Crippen LogP contribution < -0.4 is 4.72 Å². The van der Waals surface area contributed by atoms with Gasteiger partial charge in [0.25, 0.3) is 5.69 Å². The van der Waals surface area contributed by atoms with E-state index in [9.17, 15) is 38.0 Å². The molecule has 1 aromatic carbocycles. The molecule has 2 unspecified atom stereocenters. The Morgan fingerprint density at radius 1 is 1.46 bits per heavy atom. The summed E-state index contributed by atoms with van der Waals surface area (Å²) in [5.74, 6) is -2.15. The SMILES string of the molecule is CCC(C)(C(=O)O)N1CC(CC=O)(NS(=O)(=O)c2ccccc2[N+](=O)[O-])C1=O. The number of hydrogen-bond donors (Lipinski definition) is 2. The number of amides is 1. The Hall–Kier alpha value is -2.86. The number of carbonyl (C=O) groups is 3. The number of benzene rings is 1. The van der Waals surface area contributed by atoms with E-state index >= 15 is 0 Å². The van der Waals surface area contributed by atoms with Crippen molar-refractivity contribution in [3.8, 4) is 0 Å². The first-order valence-corrected chi connectivity index (χ1v) is 9.70. The number of nitrogens with zero attached hydrogens (tertiary/aromatic N) is 2. The normalized spacial score (nSPS) is 21.5. The summed E-state index contributed by atoms with van der Waals surface area (Å²) >= 11 is 0. The monoisotopic (exact) mass is 413 g/mol. The number of carboxylic acid groups (broad SMARTS) is 1. The summed E-state index contributed by atoms with van der Waals surface area (Å²) in [5, 5.41) is 20.5. The molecule has 2 N–H and O–H groups in total. The molecule has 1 saturated heterocycles. The number of para-hydroxylation sites is 1. The van der Waals surface area contributed by atoms with Crippen LogP contribution in [-0.2, 0) is 24.4 Å². The molecule has 0 aromatic heterocycles. The van der Waals surface area contributed by atoms with Crippen LogP contribution in [0, 0.1) is 10.1 Å². The van der Waals surface area contributed by atoms with Gasteiger partial charge in [0, 0.05) is 12.5 Å². The number of nitro benzene ring substituents is 1. The lowest BCUT2D eigenvalue weighted by atomic mass is 9.80. The molecule has 0 radical (unpaired) electrons. The van der Waals surface area contributed by atoms with Gasteiger partial charge >= 0.3 is 5.97 Å². The largest absolute Gasteiger partial charge is 0.480 e. The Bertz CT molecular complexity index is 947. The first kappa shape index (κ1) is 21.4. The quantitative estimate of drug-likeness (QED) is 0.252. The zero-order chi connectivity index (χ0) is 21.3. The fourth-order valence-corrected chi connectivity index (χ4v) is 4.53. The lowest BCUT2D eigenvalue weighted by Crippen LogP contribution is -2.79. The summed E-state index contributed by atoms with van der Waals surface area (Å²) in [6, 6.07) is 4.56. The maximum absolute atomic E-state index is 12.8. The van der Waals surface area contributed by atoms with Crippen molar-refractivity contribution in [3.63, 3.8) is 0 Å². The van der Waals surface area contributed by atoms with Gasteiger partial charge in [0.15, 0.2) is 4.90 Å². The molecule has 2 rings (SSSR count). The van der Waals surface area contributed by atoms with Gasteiger partial charge in [-0.25, -0.2) is 13.2 Å². The number of carbonyl (C=O) groups excluding carboxylic acids is 2. The predicted molar refractivity (Wildman–Crippen MR) is 94.9 cm³/mol. The van der Waals surface area contributed by atoms with Gasteiger partial charge in [-0.1, -0.05) is 19.1 Å². The molecule has 1 fully saturated rings. The second-order valence-corrected chi connectivity index (χ2v) is 8.26. The van der Waals surface area contributed by atoms with Crippen LogP contribution in [0.5, 0.6) is 0 Å². The third-order valence-corrected chi connectivity index (χ3v) is 6.52. The first-order valence-electron chi connectivity index (χ1n) is 8.21. The van der Waals surface area contributed by atoms with Crippen molar-refractivity contribution >= 4 is 33.9 Å². The Morgan fingerprint density at radius 2 is 2.07 bits per heavy atom. The Labute approximate surface area is 160 Å². The van der Waals surface area contributed by atoms with Crippen LogP contribution in [0.1, 0.15) is 26.7 Å². The lowest BCUT2D eigenvalue weighted by molar-refractivity contribution is -0.387. The molecule has 28 heavy (non-hydrogen) atoms. The number of β-lactam (4-membered cyclic amide) rings is 1. The molecule has 0 aliphatic carbocycles. The number of sulfonamides is 1. The summed E-state index contributed by atoms with van der Waals surface area (Å²) in [6.07, 6.45) is -0.148. The van der Waals surface area contributed by atoms with Gasteiger partial charge in [0.05, 0.1) is 11.5 Å². The van der Waals surface area contributed by atoms with Gasteiger partial charge in [-0.05, 0) is 19.4 Å². The third kappa shape index (κ3) is 3.36. The van der Waals surface area contributed by atoms with Crippen molar-refractivity contribution in [3.05, 3.63) is 34.4 Å². The second kappa shape index (κ2) is 7.28. The standard InChI is InChI=1S/C16H19N3O8S/c1-3-15(2,14(22)23)18-10-16(8-9-20,13(18)21)17-28(26,27)12-7-5-4-6-11(12)19(24)25/h4-7,9,17H,3,8,10H2,1-2H3,(H,22,23). The number of rotatable bonds is 9. The fourth-order valence-electron chi connectivity index (χ4n) is 2.99. The second-order valence-electron chi connectivity index (χ2n) is 6.61. The molecule has 0 bridgehead atoms. The van der Waals surface area contributed by atoms with Gasteiger partial charge in [-0.15, -0.1) is 0 Å². The van der Waals surface area contributed by atoms with E-state index in [2.05, 4.69) is 4.72 Å². The molecule has 11 nitrogen and oxygen atoms in total. The number of nitro groups is 1. The van der Waals surface area contributed by atoms with E-state index in [-0.39, 0.29) is 13.0 Å². The molecular formula is C16H19N3O8S. The molecule has 12 heteroatoms. The number of carboxylic acids is 1. The van der Waals surface area contributed by atoms with Gasteiger partial charge in [-0.3, -0.25) is 14.9 Å². The molecule has 1 aliphatic rings. The average molecular weight is 413 g/mol. The summed E-state index contributed by atoms with van der Waals surface area (Å²) in [6.45, 7) is 2.51. The molecule has 1 heterocycles. The van der Waals surface area contributed by atoms with Crippen molar-refractivity contribution < 1.29 is 32.8 Å². The summed E-state index contributed by atoms with van der Waals surface area (Å²) in [4.78, 5) is 45.9. The van der Waals surface area contributed by atoms with E-state index in [1.165, 1.54) is 19.1 Å². The maximum Gasteiger partial charge on any atom is 0.329 e. The Morgan fingerprint density at radius 3 is 2.54 bits per heavy atom. The van der Waals surface area contributed by atoms with Crippen molar-refractivity contribution in [1.82, 2.24) is 9.62 Å². The van der Waals surface area contributed by atoms with E-state index in [1.54, 1.807) is 6.92 Å². The molecule has 1 aromatic rings. The van der Waals surface area contributed by atoms with Crippen molar-refractivity contribution in [2.45, 2.75) is 42.7 Å². The van der Waals surface area contributed by atoms with Crippen molar-refractivity contribution in [1.29, 1.82) is 0 Å². The Kier molecular flexibility index (Phi) is 5.57. The summed E-state index contributed by atoms with van der Waals surface area (Å²) in [7, 11) is -4.55. The average Bonchev–Trinajstić information content (AvgIpc) is 2.64. The van der Waals surface area contributed by atoms with Crippen LogP contribution >= 0.6 is 0 Å². The van der Waals surface area contributed by atoms with Gasteiger partial charge in [-0.2, -0.15) is 4.72 Å². The van der Waals surface area contributed by atoms with Crippen LogP contribution in [0.15, 0.2) is 29.2 Å². The zero-order valence-corrected chi connectivity index (χ0v) is 15.9. The van der Waals surface area contributed by atoms with Crippen molar-refractivity contribution in [2.24, 2.45) is 0 Å². The number of aliphatic carboxylic acids is 1. The number of aldehydes is 1. The molecule has 1 aliphatic heterocycles. The minimum absolute atomic E-state index is 0.0577. The van der Waals surface area contributed by atoms with E-state index in [4.69, 9.17) is 0 Å². The maximum atomic E-state index is 12.8. The Balaban J connectivity index is 2.42. The summed E-state index contributed by atoms with van der Waals surface area (Å²) in [5.41, 5.74) is -4.16. The molecule has 0 saturated carbocycles. The minimum atomic E-state index is -4.55. The zero-order valence-electron chi connectivity index (χ0n) is 15.1. The van der Waals surface area contributed by atoms with Gasteiger partial charge in [0.1, 0.15) is 17.4 Å². The van der Waals surface area contributed by atoms with Crippen LogP contribution in [0.4, 0.5) is 5.69 Å². The van der Waals surface area contributed by atoms with E-state index in [0.717, 1.165) is 17.0 Å². The van der Waals surface area contributed by atoms with Crippen LogP contribution in [-0.4, -0.2) is 59.1 Å². The molecule has 0 spiro atoms.